The molecule has 0 radical (unpaired) electrons. The third-order valence-electron chi connectivity index (χ3n) is 2.11. The zero-order valence-electron chi connectivity index (χ0n) is 9.22. The fraction of sp³-hybridized carbons (Fsp3) is 1.00. The van der Waals surface area contributed by atoms with Gasteiger partial charge in [0.15, 0.2) is 0 Å². The third-order valence-corrected chi connectivity index (χ3v) is 2.11. The molecule has 0 saturated carbocycles. The van der Waals surface area contributed by atoms with Gasteiger partial charge in [0.05, 0.1) is 6.10 Å². The topological polar surface area (TPSA) is 20.2 Å². The molecule has 0 aliphatic carbocycles. The predicted octanol–water partition coefficient (Wildman–Crippen LogP) is 3.22. The number of rotatable bonds is 4. The molecule has 0 spiro atoms. The second-order valence-corrected chi connectivity index (χ2v) is 5.17. The van der Waals surface area contributed by atoms with E-state index in [1.807, 2.05) is 6.92 Å². The molecule has 1 heteroatoms. The lowest BCUT2D eigenvalue weighted by Crippen LogP contribution is -2.16. The SMILES string of the molecule is CCC(O)CC(C)CC(C)(C)C. The van der Waals surface area contributed by atoms with Crippen molar-refractivity contribution < 1.29 is 5.11 Å². The first-order chi connectivity index (χ1) is 5.35. The Labute approximate surface area is 77.2 Å². The monoisotopic (exact) mass is 172 g/mol. The first-order valence-corrected chi connectivity index (χ1v) is 5.03. The van der Waals surface area contributed by atoms with Crippen LogP contribution in [0, 0.1) is 11.3 Å². The average Bonchev–Trinajstić information content (AvgIpc) is 1.82. The van der Waals surface area contributed by atoms with E-state index in [0.29, 0.717) is 11.3 Å². The van der Waals surface area contributed by atoms with Gasteiger partial charge in [0, 0.05) is 0 Å². The van der Waals surface area contributed by atoms with Gasteiger partial charge in [-0.1, -0.05) is 34.6 Å². The van der Waals surface area contributed by atoms with Crippen molar-refractivity contribution in [1.82, 2.24) is 0 Å². The van der Waals surface area contributed by atoms with E-state index in [-0.39, 0.29) is 6.10 Å². The molecule has 0 saturated heterocycles. The van der Waals surface area contributed by atoms with Crippen LogP contribution in [0.25, 0.3) is 0 Å². The van der Waals surface area contributed by atoms with Crippen LogP contribution < -0.4 is 0 Å². The lowest BCUT2D eigenvalue weighted by Gasteiger charge is -2.24. The molecule has 12 heavy (non-hydrogen) atoms. The number of aliphatic hydroxyl groups is 1. The van der Waals surface area contributed by atoms with Crippen LogP contribution in [0.2, 0.25) is 0 Å². The molecule has 0 aliphatic heterocycles. The van der Waals surface area contributed by atoms with Crippen molar-refractivity contribution in [3.63, 3.8) is 0 Å². The molecule has 0 heterocycles. The minimum Gasteiger partial charge on any atom is -0.393 e. The van der Waals surface area contributed by atoms with Gasteiger partial charge in [-0.15, -0.1) is 0 Å². The van der Waals surface area contributed by atoms with Gasteiger partial charge in [0.25, 0.3) is 0 Å². The van der Waals surface area contributed by atoms with Gasteiger partial charge in [-0.3, -0.25) is 0 Å². The molecule has 1 N–H and O–H groups in total. The maximum atomic E-state index is 9.43. The largest absolute Gasteiger partial charge is 0.393 e. The van der Waals surface area contributed by atoms with Gasteiger partial charge >= 0.3 is 0 Å². The Morgan fingerprint density at radius 2 is 1.75 bits per heavy atom. The zero-order valence-corrected chi connectivity index (χ0v) is 9.22. The number of hydrogen-bond acceptors (Lipinski definition) is 1. The van der Waals surface area contributed by atoms with Crippen molar-refractivity contribution >= 4 is 0 Å². The Morgan fingerprint density at radius 3 is 2.08 bits per heavy atom. The molecule has 2 unspecified atom stereocenters. The average molecular weight is 172 g/mol. The second-order valence-electron chi connectivity index (χ2n) is 5.17. The normalized spacial score (nSPS) is 17.5. The minimum absolute atomic E-state index is 0.0950. The van der Waals surface area contributed by atoms with Crippen molar-refractivity contribution in [3.05, 3.63) is 0 Å². The Kier molecular flexibility index (Phi) is 4.84. The van der Waals surface area contributed by atoms with Gasteiger partial charge in [0.1, 0.15) is 0 Å². The third kappa shape index (κ3) is 6.66. The van der Waals surface area contributed by atoms with Crippen LogP contribution in [-0.4, -0.2) is 11.2 Å². The predicted molar refractivity (Wildman–Crippen MR) is 54.2 cm³/mol. The second kappa shape index (κ2) is 4.86. The molecule has 74 valence electrons. The lowest BCUT2D eigenvalue weighted by molar-refractivity contribution is 0.129. The summed E-state index contributed by atoms with van der Waals surface area (Å²) in [5, 5.41) is 9.43. The van der Waals surface area contributed by atoms with Crippen molar-refractivity contribution in [1.29, 1.82) is 0 Å². The Morgan fingerprint density at radius 1 is 1.25 bits per heavy atom. The minimum atomic E-state index is -0.0950. The molecular formula is C11H24O. The summed E-state index contributed by atoms with van der Waals surface area (Å²) in [6, 6.07) is 0. The highest BCUT2D eigenvalue weighted by molar-refractivity contribution is 4.68. The van der Waals surface area contributed by atoms with E-state index in [1.54, 1.807) is 0 Å². The fourth-order valence-electron chi connectivity index (χ4n) is 1.76. The summed E-state index contributed by atoms with van der Waals surface area (Å²) in [6.45, 7) is 11.0. The highest BCUT2D eigenvalue weighted by Gasteiger charge is 2.16. The standard InChI is InChI=1S/C11H24O/c1-6-10(12)7-9(2)8-11(3,4)5/h9-10,12H,6-8H2,1-5H3. The van der Waals surface area contributed by atoms with Gasteiger partial charge in [-0.05, 0) is 30.6 Å². The van der Waals surface area contributed by atoms with E-state index < -0.39 is 0 Å². The molecule has 0 fully saturated rings. The summed E-state index contributed by atoms with van der Waals surface area (Å²) >= 11 is 0. The van der Waals surface area contributed by atoms with E-state index >= 15 is 0 Å². The molecule has 0 bridgehead atoms. The van der Waals surface area contributed by atoms with E-state index in [0.717, 1.165) is 12.8 Å². The highest BCUT2D eigenvalue weighted by Crippen LogP contribution is 2.26. The maximum absolute atomic E-state index is 9.43. The fourth-order valence-corrected chi connectivity index (χ4v) is 1.76. The van der Waals surface area contributed by atoms with E-state index in [1.165, 1.54) is 6.42 Å². The van der Waals surface area contributed by atoms with Crippen molar-refractivity contribution in [2.45, 2.75) is 60.0 Å². The molecule has 0 aromatic rings. The molecule has 0 rings (SSSR count). The Hall–Kier alpha value is -0.0400. The zero-order chi connectivity index (χ0) is 9.78. The quantitative estimate of drug-likeness (QED) is 0.690. The summed E-state index contributed by atoms with van der Waals surface area (Å²) < 4.78 is 0. The first kappa shape index (κ1) is 12.0. The maximum Gasteiger partial charge on any atom is 0.0540 e. The van der Waals surface area contributed by atoms with Gasteiger partial charge in [-0.25, -0.2) is 0 Å². The van der Waals surface area contributed by atoms with Gasteiger partial charge in [-0.2, -0.15) is 0 Å². The molecule has 2 atom stereocenters. The van der Waals surface area contributed by atoms with E-state index in [9.17, 15) is 5.11 Å². The first-order valence-electron chi connectivity index (χ1n) is 5.03. The van der Waals surface area contributed by atoms with Crippen LogP contribution in [0.1, 0.15) is 53.9 Å². The van der Waals surface area contributed by atoms with Crippen molar-refractivity contribution in [3.8, 4) is 0 Å². The summed E-state index contributed by atoms with van der Waals surface area (Å²) in [5.41, 5.74) is 0.396. The highest BCUT2D eigenvalue weighted by atomic mass is 16.3. The van der Waals surface area contributed by atoms with Crippen molar-refractivity contribution in [2.24, 2.45) is 11.3 Å². The van der Waals surface area contributed by atoms with Crippen LogP contribution in [0.3, 0.4) is 0 Å². The summed E-state index contributed by atoms with van der Waals surface area (Å²) in [6.07, 6.45) is 2.94. The Bertz CT molecular complexity index is 113. The van der Waals surface area contributed by atoms with Crippen LogP contribution in [0.4, 0.5) is 0 Å². The summed E-state index contributed by atoms with van der Waals surface area (Å²) in [5.74, 6) is 0.639. The Balaban J connectivity index is 3.66. The molecule has 1 nitrogen and oxygen atoms in total. The van der Waals surface area contributed by atoms with Gasteiger partial charge in [0.2, 0.25) is 0 Å². The van der Waals surface area contributed by atoms with Gasteiger partial charge < -0.3 is 5.11 Å². The molecule has 0 aromatic carbocycles. The molecule has 0 aromatic heterocycles. The lowest BCUT2D eigenvalue weighted by atomic mass is 9.83. The van der Waals surface area contributed by atoms with Crippen molar-refractivity contribution in [2.75, 3.05) is 0 Å². The van der Waals surface area contributed by atoms with Crippen LogP contribution in [0.15, 0.2) is 0 Å². The van der Waals surface area contributed by atoms with Crippen LogP contribution >= 0.6 is 0 Å². The summed E-state index contributed by atoms with van der Waals surface area (Å²) in [4.78, 5) is 0. The van der Waals surface area contributed by atoms with E-state index in [4.69, 9.17) is 0 Å². The number of hydrogen-bond donors (Lipinski definition) is 1. The number of aliphatic hydroxyl groups excluding tert-OH is 1. The smallest absolute Gasteiger partial charge is 0.0540 e. The molecule has 0 aliphatic rings. The molecule has 0 amide bonds. The van der Waals surface area contributed by atoms with Crippen LogP contribution in [0.5, 0.6) is 0 Å². The summed E-state index contributed by atoms with van der Waals surface area (Å²) in [7, 11) is 0. The molecular weight excluding hydrogens is 148 g/mol. The van der Waals surface area contributed by atoms with E-state index in [2.05, 4.69) is 27.7 Å². The van der Waals surface area contributed by atoms with Crippen LogP contribution in [-0.2, 0) is 0 Å².